The molecule has 170 valence electrons. The van der Waals surface area contributed by atoms with Crippen molar-refractivity contribution < 1.29 is 8.85 Å². The molecule has 0 amide bonds. The monoisotopic (exact) mass is 447 g/mol. The summed E-state index contributed by atoms with van der Waals surface area (Å²) >= 11 is 0. The van der Waals surface area contributed by atoms with E-state index in [1.54, 1.807) is 0 Å². The van der Waals surface area contributed by atoms with Crippen molar-refractivity contribution in [3.63, 3.8) is 0 Å². The fourth-order valence-corrected chi connectivity index (χ4v) is 16.6. The zero-order chi connectivity index (χ0) is 21.7. The molecule has 0 aromatic rings. The summed E-state index contributed by atoms with van der Waals surface area (Å²) < 4.78 is 14.8. The van der Waals surface area contributed by atoms with Crippen molar-refractivity contribution in [2.24, 2.45) is 0 Å². The molecule has 0 bridgehead atoms. The van der Waals surface area contributed by atoms with E-state index in [9.17, 15) is 0 Å². The van der Waals surface area contributed by atoms with E-state index in [1.165, 1.54) is 64.3 Å². The van der Waals surface area contributed by atoms with E-state index in [2.05, 4.69) is 63.9 Å². The number of rotatable bonds is 18. The zero-order valence-electron chi connectivity index (χ0n) is 21.0. The van der Waals surface area contributed by atoms with Crippen LogP contribution in [0, 0.1) is 0 Å². The predicted molar refractivity (Wildman–Crippen MR) is 135 cm³/mol. The SMILES string of the molecule is CCO[Si](C)(CCCCCCCCCCCN([Si](C)(C)C)[Si](C)(C)C)OCC. The van der Waals surface area contributed by atoms with Crippen molar-refractivity contribution in [3.05, 3.63) is 0 Å². The smallest absolute Gasteiger partial charge is 0.334 e. The highest BCUT2D eigenvalue weighted by atomic mass is 28.4. The molecule has 28 heavy (non-hydrogen) atoms. The summed E-state index contributed by atoms with van der Waals surface area (Å²) in [6, 6.07) is 1.15. The maximum atomic E-state index is 5.93. The van der Waals surface area contributed by atoms with Crippen molar-refractivity contribution in [3.8, 4) is 0 Å². The van der Waals surface area contributed by atoms with Gasteiger partial charge in [-0.2, -0.15) is 0 Å². The Hall–Kier alpha value is 0.531. The normalized spacial score (nSPS) is 13.5. The van der Waals surface area contributed by atoms with E-state index < -0.39 is 25.0 Å². The van der Waals surface area contributed by atoms with Crippen LogP contribution in [-0.2, 0) is 8.85 Å². The molecule has 0 atom stereocenters. The molecular formula is C22H53NO2Si3. The van der Waals surface area contributed by atoms with Crippen LogP contribution in [0.25, 0.3) is 0 Å². The Morgan fingerprint density at radius 3 is 1.25 bits per heavy atom. The molecular weight excluding hydrogens is 395 g/mol. The van der Waals surface area contributed by atoms with Gasteiger partial charge in [-0.25, -0.2) is 0 Å². The molecule has 3 nitrogen and oxygen atoms in total. The van der Waals surface area contributed by atoms with Gasteiger partial charge in [0.1, 0.15) is 16.5 Å². The van der Waals surface area contributed by atoms with E-state index in [0.29, 0.717) is 0 Å². The lowest BCUT2D eigenvalue weighted by Crippen LogP contribution is -2.59. The molecule has 6 heteroatoms. The van der Waals surface area contributed by atoms with Gasteiger partial charge in [0, 0.05) is 13.2 Å². The van der Waals surface area contributed by atoms with E-state index >= 15 is 0 Å². The molecule has 0 aliphatic rings. The summed E-state index contributed by atoms with van der Waals surface area (Å²) in [6.45, 7) is 24.4. The van der Waals surface area contributed by atoms with Gasteiger partial charge in [0.15, 0.2) is 0 Å². The quantitative estimate of drug-likeness (QED) is 0.159. The predicted octanol–water partition coefficient (Wildman–Crippen LogP) is 7.61. The molecule has 0 N–H and O–H groups in total. The highest BCUT2D eigenvalue weighted by Crippen LogP contribution is 2.21. The molecule has 0 aromatic heterocycles. The third-order valence-corrected chi connectivity index (χ3v) is 16.3. The Morgan fingerprint density at radius 1 is 0.536 bits per heavy atom. The highest BCUT2D eigenvalue weighted by Gasteiger charge is 2.33. The van der Waals surface area contributed by atoms with Gasteiger partial charge in [-0.15, -0.1) is 0 Å². The second-order valence-electron chi connectivity index (χ2n) is 10.4. The summed E-state index contributed by atoms with van der Waals surface area (Å²) in [7, 11) is -4.20. The molecule has 0 radical (unpaired) electrons. The van der Waals surface area contributed by atoms with Crippen molar-refractivity contribution in [1.82, 2.24) is 4.23 Å². The average Bonchev–Trinajstić information content (AvgIpc) is 2.54. The van der Waals surface area contributed by atoms with Crippen molar-refractivity contribution in [1.29, 1.82) is 0 Å². The summed E-state index contributed by atoms with van der Waals surface area (Å²) in [5.74, 6) is 0. The van der Waals surface area contributed by atoms with Crippen LogP contribution >= 0.6 is 0 Å². The van der Waals surface area contributed by atoms with Gasteiger partial charge in [0.2, 0.25) is 0 Å². The Kier molecular flexibility index (Phi) is 14.8. The number of unbranched alkanes of at least 4 members (excludes halogenated alkanes) is 8. The van der Waals surface area contributed by atoms with Gasteiger partial charge in [-0.1, -0.05) is 90.6 Å². The van der Waals surface area contributed by atoms with Crippen LogP contribution in [0.5, 0.6) is 0 Å². The lowest BCUT2D eigenvalue weighted by atomic mass is 10.1. The third kappa shape index (κ3) is 13.7. The van der Waals surface area contributed by atoms with Gasteiger partial charge in [0.25, 0.3) is 0 Å². The van der Waals surface area contributed by atoms with Crippen LogP contribution in [0.3, 0.4) is 0 Å². The molecule has 0 saturated heterocycles. The van der Waals surface area contributed by atoms with Crippen LogP contribution in [0.4, 0.5) is 0 Å². The molecule has 0 aliphatic carbocycles. The maximum Gasteiger partial charge on any atom is 0.334 e. The Labute approximate surface area is 181 Å². The van der Waals surface area contributed by atoms with Gasteiger partial charge in [-0.3, -0.25) is 0 Å². The first-order valence-electron chi connectivity index (χ1n) is 12.0. The topological polar surface area (TPSA) is 21.7 Å². The molecule has 0 fully saturated rings. The minimum atomic E-state index is -1.87. The highest BCUT2D eigenvalue weighted by molar-refractivity contribution is 6.89. The lowest BCUT2D eigenvalue weighted by molar-refractivity contribution is 0.188. The van der Waals surface area contributed by atoms with E-state index in [-0.39, 0.29) is 0 Å². The minimum Gasteiger partial charge on any atom is -0.395 e. The summed E-state index contributed by atoms with van der Waals surface area (Å²) in [6.07, 6.45) is 12.5. The second kappa shape index (κ2) is 14.5. The van der Waals surface area contributed by atoms with Crippen LogP contribution in [0.1, 0.15) is 71.6 Å². The standard InChI is InChI=1S/C22H53NO2Si3/c1-10-24-28(9,25-11-2)22-20-18-16-14-12-13-15-17-19-21-23(26(3,4)5)27(6,7)8/h10-22H2,1-9H3. The molecule has 0 rings (SSSR count). The van der Waals surface area contributed by atoms with Crippen molar-refractivity contribution in [2.75, 3.05) is 19.8 Å². The summed E-state index contributed by atoms with van der Waals surface area (Å²) in [5, 5.41) is 0. The van der Waals surface area contributed by atoms with Crippen LogP contribution in [0.2, 0.25) is 51.9 Å². The second-order valence-corrected chi connectivity index (χ2v) is 24.0. The first-order valence-corrected chi connectivity index (χ1v) is 21.4. The first kappa shape index (κ1) is 28.5. The molecule has 0 spiro atoms. The summed E-state index contributed by atoms with van der Waals surface area (Å²) in [5.41, 5.74) is 0. The largest absolute Gasteiger partial charge is 0.395 e. The van der Waals surface area contributed by atoms with E-state index in [0.717, 1.165) is 19.3 Å². The van der Waals surface area contributed by atoms with Crippen LogP contribution in [-0.4, -0.2) is 49.0 Å². The fourth-order valence-electron chi connectivity index (χ4n) is 4.43. The Bertz CT molecular complexity index is 361. The number of hydrogen-bond acceptors (Lipinski definition) is 3. The third-order valence-electron chi connectivity index (χ3n) is 5.53. The number of nitrogens with zero attached hydrogens (tertiary/aromatic N) is 1. The fraction of sp³-hybridized carbons (Fsp3) is 1.00. The van der Waals surface area contributed by atoms with Crippen molar-refractivity contribution in [2.45, 2.75) is 124 Å². The zero-order valence-corrected chi connectivity index (χ0v) is 24.0. The summed E-state index contributed by atoms with van der Waals surface area (Å²) in [4.78, 5) is 0. The minimum absolute atomic E-state index is 0.788. The first-order chi connectivity index (χ1) is 13.0. The van der Waals surface area contributed by atoms with Crippen LogP contribution < -0.4 is 0 Å². The van der Waals surface area contributed by atoms with Crippen molar-refractivity contribution >= 4 is 25.0 Å². The Morgan fingerprint density at radius 2 is 0.893 bits per heavy atom. The number of hydrogen-bond donors (Lipinski definition) is 0. The molecule has 0 heterocycles. The van der Waals surface area contributed by atoms with Gasteiger partial charge < -0.3 is 13.1 Å². The van der Waals surface area contributed by atoms with E-state index in [4.69, 9.17) is 8.85 Å². The van der Waals surface area contributed by atoms with E-state index in [1.807, 2.05) is 0 Å². The van der Waals surface area contributed by atoms with Gasteiger partial charge in [-0.05, 0) is 39.4 Å². The average molecular weight is 448 g/mol. The molecule has 0 aliphatic heterocycles. The maximum absolute atomic E-state index is 5.93. The molecule has 0 unspecified atom stereocenters. The molecule has 0 saturated carbocycles. The molecule has 0 aromatic carbocycles. The van der Waals surface area contributed by atoms with Gasteiger partial charge in [0.05, 0.1) is 0 Å². The van der Waals surface area contributed by atoms with Gasteiger partial charge >= 0.3 is 8.56 Å². The van der Waals surface area contributed by atoms with Crippen LogP contribution in [0.15, 0.2) is 0 Å². The lowest BCUT2D eigenvalue weighted by Gasteiger charge is -2.43. The Balaban J connectivity index is 3.72.